The summed E-state index contributed by atoms with van der Waals surface area (Å²) in [6, 6.07) is 28.5. The van der Waals surface area contributed by atoms with E-state index in [1.54, 1.807) is 36.8 Å². The molecule has 12 nitrogen and oxygen atoms in total. The number of rotatable bonds is 4. The van der Waals surface area contributed by atoms with Crippen molar-refractivity contribution in [3.8, 4) is 47.9 Å². The van der Waals surface area contributed by atoms with Crippen LogP contribution in [-0.4, -0.2) is 17.2 Å². The number of nitriles is 6. The van der Waals surface area contributed by atoms with Crippen LogP contribution in [0.1, 0.15) is 76.0 Å². The summed E-state index contributed by atoms with van der Waals surface area (Å²) < 4.78 is 7.30. The number of allylic oxidation sites excluding steroid dienone is 12. The third kappa shape index (κ3) is 8.35. The van der Waals surface area contributed by atoms with E-state index >= 15 is 0 Å². The second kappa shape index (κ2) is 19.3. The molecule has 0 spiro atoms. The Morgan fingerprint density at radius 3 is 1.30 bits per heavy atom. The Balaban J connectivity index is 0.000000147. The van der Waals surface area contributed by atoms with Gasteiger partial charge in [0.1, 0.15) is 16.3 Å². The van der Waals surface area contributed by atoms with Crippen molar-refractivity contribution in [1.82, 2.24) is 20.9 Å². The lowest BCUT2D eigenvalue weighted by Crippen LogP contribution is -2.23. The molecule has 4 N–H and O–H groups in total. The fourth-order valence-corrected chi connectivity index (χ4v) is 11.5. The summed E-state index contributed by atoms with van der Waals surface area (Å²) in [5.41, 5.74) is 11.2. The normalized spacial score (nSPS) is 15.6. The summed E-state index contributed by atoms with van der Waals surface area (Å²) in [6.07, 6.45) is 1.75. The molecule has 0 bridgehead atoms. The van der Waals surface area contributed by atoms with Gasteiger partial charge in [0.2, 0.25) is 0 Å². The molecule has 7 heterocycles. The number of benzene rings is 2. The third-order valence-corrected chi connectivity index (χ3v) is 14.6. The summed E-state index contributed by atoms with van der Waals surface area (Å²) in [7, 11) is 1.64. The van der Waals surface area contributed by atoms with Gasteiger partial charge in [0.15, 0.2) is 0 Å². The smallest absolute Gasteiger partial charge is 0.123 e. The molecule has 0 saturated heterocycles. The molecule has 2 aromatic carbocycles. The Bertz CT molecular complexity index is 3350. The van der Waals surface area contributed by atoms with Gasteiger partial charge in [0, 0.05) is 55.2 Å². The molecular weight excluding hydrogens is 881 g/mol. The van der Waals surface area contributed by atoms with Crippen molar-refractivity contribution in [3.05, 3.63) is 155 Å². The van der Waals surface area contributed by atoms with Crippen LogP contribution in [-0.2, 0) is 0 Å². The highest BCUT2D eigenvalue weighted by molar-refractivity contribution is 7.18. The summed E-state index contributed by atoms with van der Waals surface area (Å²) in [5.74, 6) is 0.0449. The molecule has 0 saturated carbocycles. The lowest BCUT2D eigenvalue weighted by Gasteiger charge is -2.25. The predicted molar refractivity (Wildman–Crippen MR) is 259 cm³/mol. The Labute approximate surface area is 394 Å². The van der Waals surface area contributed by atoms with E-state index in [1.165, 1.54) is 22.7 Å². The quantitative estimate of drug-likeness (QED) is 0.130. The average Bonchev–Trinajstić information content (AvgIpc) is 4.05. The van der Waals surface area contributed by atoms with Crippen LogP contribution in [0.3, 0.4) is 0 Å². The topological polar surface area (TPSA) is 221 Å². The fourth-order valence-electron chi connectivity index (χ4n) is 8.55. The Morgan fingerprint density at radius 2 is 0.894 bits per heavy atom. The van der Waals surface area contributed by atoms with Gasteiger partial charge in [0.25, 0.3) is 0 Å². The van der Waals surface area contributed by atoms with Gasteiger partial charge in [-0.1, -0.05) is 6.07 Å². The molecule has 4 aromatic heterocycles. The number of methoxy groups -OCH3 is 1. The maximum Gasteiger partial charge on any atom is 0.123 e. The standard InChI is InChI=1S/C18H15N3OS.C17H13N3OS.C16H12N4S/c1-10-14(7-19)18(15(8-20)11(2)21-10)16-9-23-17-6-12(22-3)4-5-13(16)17;1-9-13(6-18)17(14(7-19)10(2)20-9)15-8-22-16-5-11(21)3-4-12(15)16;1-9-12(6-17)15(13(7-18)10(2)20-9)14-8-21-16-11(14)4-3-5-19-16/h4-6,9,18,21H,1-3H3;3-5,8,17,20-21H,1-2H3;3-5,8,15,20H,1-2H3. The van der Waals surface area contributed by atoms with E-state index in [0.717, 1.165) is 87.0 Å². The first kappa shape index (κ1) is 45.9. The van der Waals surface area contributed by atoms with E-state index in [1.807, 2.05) is 94.1 Å². The van der Waals surface area contributed by atoms with Gasteiger partial charge < -0.3 is 25.8 Å². The fraction of sp³-hybridized carbons (Fsp3) is 0.196. The zero-order valence-corrected chi connectivity index (χ0v) is 39.3. The Hall–Kier alpha value is -8.15. The minimum absolute atomic E-state index is 0.214. The number of phenolic OH excluding ortho intramolecular Hbond substituents is 1. The molecule has 0 unspecified atom stereocenters. The second-order valence-electron chi connectivity index (χ2n) is 15.5. The van der Waals surface area contributed by atoms with E-state index in [-0.39, 0.29) is 23.5 Å². The first-order valence-corrected chi connectivity index (χ1v) is 23.0. The van der Waals surface area contributed by atoms with Gasteiger partial charge in [0.05, 0.1) is 94.7 Å². The average molecular weight is 921 g/mol. The molecular formula is C51H40N10O2S3. The monoisotopic (exact) mass is 920 g/mol. The Kier molecular flexibility index (Phi) is 13.4. The van der Waals surface area contributed by atoms with Crippen LogP contribution in [0.15, 0.2) is 138 Å². The van der Waals surface area contributed by atoms with Crippen molar-refractivity contribution < 1.29 is 9.84 Å². The van der Waals surface area contributed by atoms with E-state index in [2.05, 4.69) is 57.3 Å². The molecule has 6 aromatic rings. The van der Waals surface area contributed by atoms with Crippen LogP contribution in [0.25, 0.3) is 30.4 Å². The van der Waals surface area contributed by atoms with E-state index in [9.17, 15) is 36.7 Å². The number of ether oxygens (including phenoxy) is 1. The van der Waals surface area contributed by atoms with Gasteiger partial charge in [-0.15, -0.1) is 34.0 Å². The molecule has 9 rings (SSSR count). The highest BCUT2D eigenvalue weighted by Crippen LogP contribution is 2.45. The molecule has 66 heavy (non-hydrogen) atoms. The highest BCUT2D eigenvalue weighted by atomic mass is 32.1. The van der Waals surface area contributed by atoms with Crippen molar-refractivity contribution in [2.75, 3.05) is 7.11 Å². The number of pyridine rings is 1. The van der Waals surface area contributed by atoms with Crippen LogP contribution in [0.2, 0.25) is 0 Å². The van der Waals surface area contributed by atoms with Crippen molar-refractivity contribution in [1.29, 1.82) is 31.6 Å². The van der Waals surface area contributed by atoms with E-state index in [4.69, 9.17) is 4.74 Å². The molecule has 324 valence electrons. The number of phenols is 1. The number of aromatic hydroxyl groups is 1. The van der Waals surface area contributed by atoms with Crippen molar-refractivity contribution in [2.24, 2.45) is 0 Å². The lowest BCUT2D eigenvalue weighted by molar-refractivity contribution is 0.415. The summed E-state index contributed by atoms with van der Waals surface area (Å²) in [5, 5.41) is 85.3. The van der Waals surface area contributed by atoms with Crippen molar-refractivity contribution in [3.63, 3.8) is 0 Å². The highest BCUT2D eigenvalue weighted by Gasteiger charge is 2.34. The third-order valence-electron chi connectivity index (χ3n) is 11.7. The van der Waals surface area contributed by atoms with Gasteiger partial charge in [-0.3, -0.25) is 0 Å². The number of fused-ring (bicyclic) bond motifs is 3. The van der Waals surface area contributed by atoms with E-state index in [0.29, 0.717) is 33.4 Å². The summed E-state index contributed by atoms with van der Waals surface area (Å²) >= 11 is 4.64. The van der Waals surface area contributed by atoms with Crippen LogP contribution in [0.5, 0.6) is 11.5 Å². The lowest BCUT2D eigenvalue weighted by atomic mass is 9.81. The molecule has 0 radical (unpaired) electrons. The molecule has 15 heteroatoms. The second-order valence-corrected chi connectivity index (χ2v) is 18.2. The molecule has 0 aliphatic carbocycles. The molecule has 3 aliphatic heterocycles. The van der Waals surface area contributed by atoms with Crippen molar-refractivity contribution >= 4 is 64.4 Å². The minimum atomic E-state index is -0.352. The molecule has 0 atom stereocenters. The maximum atomic E-state index is 9.60. The number of hydrogen-bond acceptors (Lipinski definition) is 15. The largest absolute Gasteiger partial charge is 0.508 e. The van der Waals surface area contributed by atoms with E-state index < -0.39 is 0 Å². The first-order valence-electron chi connectivity index (χ1n) is 20.4. The van der Waals surface area contributed by atoms with Crippen LogP contribution < -0.4 is 20.7 Å². The predicted octanol–water partition coefficient (Wildman–Crippen LogP) is 11.7. The number of dihydropyridines is 3. The molecule has 0 fully saturated rings. The zero-order valence-electron chi connectivity index (χ0n) is 36.9. The SMILES string of the molecule is CC1=C(C#N)C(c2csc3cc(O)ccc23)C(C#N)=C(C)N1.CC1=C(C#N)C(c2csc3ncccc23)C(C#N)=C(C)N1.COc1ccc2c(C3C(C#N)=C(C)NC(C)=C3C#N)csc2c1. The number of nitrogens with one attached hydrogen (secondary N) is 3. The molecule has 3 aliphatic rings. The van der Waals surface area contributed by atoms with Crippen LogP contribution in [0.4, 0.5) is 0 Å². The number of nitrogens with zero attached hydrogens (tertiary/aromatic N) is 7. The number of thiophene rings is 3. The summed E-state index contributed by atoms with van der Waals surface area (Å²) in [6.45, 7) is 11.2. The van der Waals surface area contributed by atoms with Gasteiger partial charge in [-0.05, 0) is 128 Å². The minimum Gasteiger partial charge on any atom is -0.508 e. The number of aromatic nitrogens is 1. The van der Waals surface area contributed by atoms with Crippen LogP contribution in [0, 0.1) is 68.0 Å². The summed E-state index contributed by atoms with van der Waals surface area (Å²) in [4.78, 5) is 5.27. The van der Waals surface area contributed by atoms with Gasteiger partial charge in [-0.25, -0.2) is 4.98 Å². The van der Waals surface area contributed by atoms with Crippen molar-refractivity contribution in [2.45, 2.75) is 59.3 Å². The maximum absolute atomic E-state index is 9.60. The number of hydrogen-bond donors (Lipinski definition) is 4. The molecule has 0 amide bonds. The zero-order chi connectivity index (χ0) is 47.4. The van der Waals surface area contributed by atoms with Gasteiger partial charge in [-0.2, -0.15) is 31.6 Å². The van der Waals surface area contributed by atoms with Gasteiger partial charge >= 0.3 is 0 Å². The van der Waals surface area contributed by atoms with Crippen LogP contribution >= 0.6 is 34.0 Å². The first-order chi connectivity index (χ1) is 31.8. The Morgan fingerprint density at radius 1 is 0.515 bits per heavy atom.